The van der Waals surface area contributed by atoms with E-state index in [9.17, 15) is 13.6 Å². The number of carbonyl (C=O) groups excluding carboxylic acids is 1. The number of aryl methyl sites for hydroxylation is 1. The number of rotatable bonds is 7. The number of likely N-dealkylation sites (N-methyl/N-ethyl adjacent to an activating group) is 1. The zero-order chi connectivity index (χ0) is 29.9. The van der Waals surface area contributed by atoms with Crippen LogP contribution in [0.25, 0.3) is 10.9 Å². The fourth-order valence-electron chi connectivity index (χ4n) is 5.45. The van der Waals surface area contributed by atoms with Gasteiger partial charge in [0.25, 0.3) is 11.8 Å². The Labute approximate surface area is 237 Å². The SMILES string of the molecule is C=C(C)C(F)(F)c1cccc([C@@H](C)N(c2ccccc2)c2nc(C)nc3cc4c(cc23)N(C)C(=O)[C@]4(C)OC)c1F. The third-order valence-electron chi connectivity index (χ3n) is 7.90. The number of nitrogens with zero attached hydrogens (tertiary/aromatic N) is 4. The zero-order valence-corrected chi connectivity index (χ0v) is 23.8. The molecule has 0 aliphatic carbocycles. The molecule has 0 saturated carbocycles. The lowest BCUT2D eigenvalue weighted by Gasteiger charge is -2.33. The number of aromatic nitrogens is 2. The van der Waals surface area contributed by atoms with Crippen molar-refractivity contribution in [3.63, 3.8) is 0 Å². The van der Waals surface area contributed by atoms with E-state index < -0.39 is 34.5 Å². The van der Waals surface area contributed by atoms with Crippen LogP contribution < -0.4 is 9.80 Å². The summed E-state index contributed by atoms with van der Waals surface area (Å²) in [5.74, 6) is -3.88. The minimum atomic E-state index is -3.54. The topological polar surface area (TPSA) is 58.6 Å². The Balaban J connectivity index is 1.77. The number of halogens is 3. The number of methoxy groups -OCH3 is 1. The number of benzene rings is 3. The highest BCUT2D eigenvalue weighted by Gasteiger charge is 2.47. The van der Waals surface area contributed by atoms with Crippen molar-refractivity contribution in [1.82, 2.24) is 9.97 Å². The van der Waals surface area contributed by atoms with Crippen molar-refractivity contribution in [1.29, 1.82) is 0 Å². The fraction of sp³-hybridized carbons (Fsp3) is 0.281. The van der Waals surface area contributed by atoms with Crippen LogP contribution in [-0.2, 0) is 21.1 Å². The lowest BCUT2D eigenvalue weighted by molar-refractivity contribution is -0.137. The van der Waals surface area contributed by atoms with Crippen LogP contribution in [0.3, 0.4) is 0 Å². The van der Waals surface area contributed by atoms with Crippen LogP contribution in [0.4, 0.5) is 30.4 Å². The van der Waals surface area contributed by atoms with Crippen molar-refractivity contribution in [2.45, 2.75) is 45.3 Å². The third-order valence-corrected chi connectivity index (χ3v) is 7.90. The standard InChI is InChI=1S/C32H31F3N4O2/c1-18(2)32(34,35)24-15-11-14-22(28(24)33)19(3)39(21-12-9-8-10-13-21)29-23-16-27-25(17-26(23)36-20(4)37-29)31(5,41-7)30(40)38(27)6/h8-17,19H,1H2,2-7H3/t19-,31-/m1/s1. The molecular weight excluding hydrogens is 529 g/mol. The maximum absolute atomic E-state index is 15.9. The second-order valence-corrected chi connectivity index (χ2v) is 10.5. The molecule has 1 aromatic heterocycles. The first-order chi connectivity index (χ1) is 19.3. The summed E-state index contributed by atoms with van der Waals surface area (Å²) >= 11 is 0. The number of alkyl halides is 2. The van der Waals surface area contributed by atoms with Crippen molar-refractivity contribution in [3.05, 3.63) is 101 Å². The second kappa shape index (κ2) is 9.99. The molecule has 1 aliphatic heterocycles. The maximum Gasteiger partial charge on any atom is 0.296 e. The summed E-state index contributed by atoms with van der Waals surface area (Å²) in [6.07, 6.45) is 0. The molecule has 6 nitrogen and oxygen atoms in total. The Morgan fingerprint density at radius 3 is 2.44 bits per heavy atom. The van der Waals surface area contributed by atoms with Gasteiger partial charge in [-0.25, -0.2) is 14.4 Å². The zero-order valence-electron chi connectivity index (χ0n) is 23.8. The van der Waals surface area contributed by atoms with Crippen LogP contribution in [0.15, 0.2) is 72.8 Å². The number of hydrogen-bond acceptors (Lipinski definition) is 5. The average molecular weight is 561 g/mol. The van der Waals surface area contributed by atoms with Crippen LogP contribution in [-0.4, -0.2) is 30.0 Å². The van der Waals surface area contributed by atoms with Crippen LogP contribution in [0, 0.1) is 12.7 Å². The number of fused-ring (bicyclic) bond motifs is 2. The lowest BCUT2D eigenvalue weighted by Crippen LogP contribution is -2.37. The Morgan fingerprint density at radius 2 is 1.80 bits per heavy atom. The van der Waals surface area contributed by atoms with Crippen molar-refractivity contribution in [2.24, 2.45) is 0 Å². The van der Waals surface area contributed by atoms with Gasteiger partial charge in [-0.2, -0.15) is 8.78 Å². The van der Waals surface area contributed by atoms with Gasteiger partial charge < -0.3 is 14.5 Å². The molecule has 2 atom stereocenters. The molecule has 0 radical (unpaired) electrons. The van der Waals surface area contributed by atoms with E-state index in [1.54, 1.807) is 32.7 Å². The molecular formula is C32H31F3N4O2. The lowest BCUT2D eigenvalue weighted by atomic mass is 9.95. The van der Waals surface area contributed by atoms with Gasteiger partial charge in [0.1, 0.15) is 17.5 Å². The predicted molar refractivity (Wildman–Crippen MR) is 154 cm³/mol. The summed E-state index contributed by atoms with van der Waals surface area (Å²) in [5.41, 5.74) is 0.243. The van der Waals surface area contributed by atoms with E-state index in [4.69, 9.17) is 9.72 Å². The molecule has 4 aromatic rings. The Bertz CT molecular complexity index is 1690. The van der Waals surface area contributed by atoms with Gasteiger partial charge in [-0.3, -0.25) is 4.79 Å². The van der Waals surface area contributed by atoms with Crippen molar-refractivity contribution in [3.8, 4) is 0 Å². The largest absolute Gasteiger partial charge is 0.364 e. The molecule has 2 heterocycles. The summed E-state index contributed by atoms with van der Waals surface area (Å²) in [6, 6.07) is 16.1. The number of anilines is 3. The van der Waals surface area contributed by atoms with Gasteiger partial charge in [0.05, 0.1) is 22.8 Å². The van der Waals surface area contributed by atoms with Crippen LogP contribution >= 0.6 is 0 Å². The first kappa shape index (κ1) is 28.3. The molecule has 0 saturated heterocycles. The van der Waals surface area contributed by atoms with Crippen LogP contribution in [0.1, 0.15) is 49.3 Å². The molecule has 1 aliphatic rings. The van der Waals surface area contributed by atoms with Gasteiger partial charge in [-0.1, -0.05) is 36.9 Å². The van der Waals surface area contributed by atoms with Gasteiger partial charge in [-0.05, 0) is 63.6 Å². The first-order valence-corrected chi connectivity index (χ1v) is 13.2. The molecule has 41 heavy (non-hydrogen) atoms. The quantitative estimate of drug-likeness (QED) is 0.219. The molecule has 0 spiro atoms. The average Bonchev–Trinajstić information content (AvgIpc) is 3.13. The van der Waals surface area contributed by atoms with E-state index in [1.807, 2.05) is 42.5 Å². The number of ether oxygens (including phenoxy) is 1. The van der Waals surface area contributed by atoms with E-state index in [1.165, 1.54) is 31.1 Å². The number of para-hydroxylation sites is 1. The van der Waals surface area contributed by atoms with E-state index in [2.05, 4.69) is 11.6 Å². The molecule has 0 bridgehead atoms. The van der Waals surface area contributed by atoms with Crippen LogP contribution in [0.2, 0.25) is 0 Å². The highest BCUT2D eigenvalue weighted by molar-refractivity contribution is 6.09. The molecule has 9 heteroatoms. The normalized spacial score (nSPS) is 17.6. The van der Waals surface area contributed by atoms with E-state index in [0.29, 0.717) is 39.5 Å². The summed E-state index contributed by atoms with van der Waals surface area (Å²) < 4.78 is 51.5. The summed E-state index contributed by atoms with van der Waals surface area (Å²) in [4.78, 5) is 25.9. The number of allylic oxidation sites excluding steroid dienone is 1. The van der Waals surface area contributed by atoms with Gasteiger partial charge >= 0.3 is 0 Å². The van der Waals surface area contributed by atoms with Gasteiger partial charge in [0.15, 0.2) is 5.60 Å². The van der Waals surface area contributed by atoms with Gasteiger partial charge in [0, 0.05) is 36.4 Å². The molecule has 5 rings (SSSR count). The third kappa shape index (κ3) is 4.35. The first-order valence-electron chi connectivity index (χ1n) is 13.2. The maximum atomic E-state index is 15.9. The molecule has 212 valence electrons. The number of hydrogen-bond donors (Lipinski definition) is 0. The Hall–Kier alpha value is -4.24. The molecule has 1 amide bonds. The summed E-state index contributed by atoms with van der Waals surface area (Å²) in [5, 5.41) is 0.605. The number of amides is 1. The molecule has 3 aromatic carbocycles. The van der Waals surface area contributed by atoms with Crippen LogP contribution in [0.5, 0.6) is 0 Å². The van der Waals surface area contributed by atoms with E-state index >= 15 is 4.39 Å². The predicted octanol–water partition coefficient (Wildman–Crippen LogP) is 7.48. The second-order valence-electron chi connectivity index (χ2n) is 10.5. The van der Waals surface area contributed by atoms with E-state index in [0.717, 1.165) is 6.07 Å². The van der Waals surface area contributed by atoms with Gasteiger partial charge in [-0.15, -0.1) is 0 Å². The van der Waals surface area contributed by atoms with Crippen molar-refractivity contribution in [2.75, 3.05) is 24.0 Å². The fourth-order valence-corrected chi connectivity index (χ4v) is 5.45. The van der Waals surface area contributed by atoms with Crippen molar-refractivity contribution >= 4 is 34.0 Å². The Kier molecular flexibility index (Phi) is 6.90. The number of carbonyl (C=O) groups is 1. The molecule has 0 N–H and O–H groups in total. The minimum Gasteiger partial charge on any atom is -0.364 e. The summed E-state index contributed by atoms with van der Waals surface area (Å²) in [6.45, 7) is 9.74. The monoisotopic (exact) mass is 560 g/mol. The Morgan fingerprint density at radius 1 is 1.12 bits per heavy atom. The molecule has 0 fully saturated rings. The summed E-state index contributed by atoms with van der Waals surface area (Å²) in [7, 11) is 3.16. The molecule has 0 unspecified atom stereocenters. The van der Waals surface area contributed by atoms with Crippen molar-refractivity contribution < 1.29 is 22.7 Å². The highest BCUT2D eigenvalue weighted by atomic mass is 19.3. The highest BCUT2D eigenvalue weighted by Crippen LogP contribution is 2.47. The smallest absolute Gasteiger partial charge is 0.296 e. The van der Waals surface area contributed by atoms with Gasteiger partial charge in [0.2, 0.25) is 0 Å². The van der Waals surface area contributed by atoms with E-state index in [-0.39, 0.29) is 11.5 Å². The minimum absolute atomic E-state index is 0.0668.